The normalized spacial score (nSPS) is 12.8. The van der Waals surface area contributed by atoms with E-state index in [1.807, 2.05) is 6.26 Å². The number of ether oxygens (including phenoxy) is 1. The highest BCUT2D eigenvalue weighted by Gasteiger charge is 2.03. The molecule has 0 aromatic rings. The maximum absolute atomic E-state index is 10.1. The van der Waals surface area contributed by atoms with Crippen LogP contribution < -0.4 is 0 Å². The summed E-state index contributed by atoms with van der Waals surface area (Å²) in [7, 11) is 0. The number of hydrogen-bond acceptors (Lipinski definition) is 4. The Morgan fingerprint density at radius 2 is 2.44 bits per heavy atom. The van der Waals surface area contributed by atoms with Crippen LogP contribution in [-0.2, 0) is 9.53 Å². The molecular weight excluding hydrogens is 140 g/mol. The van der Waals surface area contributed by atoms with Gasteiger partial charge in [-0.15, -0.1) is 0 Å². The van der Waals surface area contributed by atoms with Gasteiger partial charge in [0.15, 0.2) is 0 Å². The van der Waals surface area contributed by atoms with E-state index in [0.29, 0.717) is 5.75 Å². The van der Waals surface area contributed by atoms with Crippen LogP contribution in [0, 0.1) is 0 Å². The van der Waals surface area contributed by atoms with Crippen molar-refractivity contribution in [1.29, 1.82) is 0 Å². The first-order valence-corrected chi connectivity index (χ1v) is 3.90. The van der Waals surface area contributed by atoms with E-state index in [1.54, 1.807) is 0 Å². The summed E-state index contributed by atoms with van der Waals surface area (Å²) in [6.45, 7) is 1.27. The monoisotopic (exact) mass is 150 g/mol. The summed E-state index contributed by atoms with van der Waals surface area (Å²) in [4.78, 5) is 10.1. The number of carbonyl (C=O) groups excluding carboxylic acids is 1. The van der Waals surface area contributed by atoms with Crippen molar-refractivity contribution in [3.05, 3.63) is 0 Å². The number of thioether (sulfide) groups is 1. The number of hydrogen-bond donors (Lipinski definition) is 1. The summed E-state index contributed by atoms with van der Waals surface area (Å²) < 4.78 is 4.39. The number of esters is 1. The molecule has 1 atom stereocenters. The van der Waals surface area contributed by atoms with Crippen molar-refractivity contribution in [2.75, 3.05) is 12.0 Å². The molecule has 0 aliphatic heterocycles. The van der Waals surface area contributed by atoms with Crippen molar-refractivity contribution in [1.82, 2.24) is 0 Å². The Morgan fingerprint density at radius 1 is 1.89 bits per heavy atom. The lowest BCUT2D eigenvalue weighted by Gasteiger charge is -2.07. The van der Waals surface area contributed by atoms with Gasteiger partial charge in [0.1, 0.15) is 0 Å². The van der Waals surface area contributed by atoms with Crippen LogP contribution in [0.2, 0.25) is 0 Å². The first-order valence-electron chi connectivity index (χ1n) is 2.51. The largest absolute Gasteiger partial charge is 0.435 e. The summed E-state index contributed by atoms with van der Waals surface area (Å²) in [6, 6.07) is 0. The third kappa shape index (κ3) is 5.65. The molecule has 54 valence electrons. The van der Waals surface area contributed by atoms with Crippen molar-refractivity contribution in [2.24, 2.45) is 0 Å². The van der Waals surface area contributed by atoms with Crippen molar-refractivity contribution in [3.63, 3.8) is 0 Å². The quantitative estimate of drug-likeness (QED) is 0.462. The minimum Gasteiger partial charge on any atom is -0.435 e. The first-order chi connectivity index (χ1) is 4.16. The summed E-state index contributed by atoms with van der Waals surface area (Å²) in [5, 5.41) is 8.76. The van der Waals surface area contributed by atoms with E-state index in [-0.39, 0.29) is 0 Å². The van der Waals surface area contributed by atoms with E-state index in [1.165, 1.54) is 18.7 Å². The van der Waals surface area contributed by atoms with E-state index in [4.69, 9.17) is 5.11 Å². The molecule has 4 heteroatoms. The molecule has 3 nitrogen and oxygen atoms in total. The fourth-order valence-corrected chi connectivity index (χ4v) is 0.721. The van der Waals surface area contributed by atoms with Crippen molar-refractivity contribution < 1.29 is 14.6 Å². The highest BCUT2D eigenvalue weighted by atomic mass is 32.2. The van der Waals surface area contributed by atoms with Crippen LogP contribution in [-0.4, -0.2) is 29.4 Å². The number of aliphatic hydroxyl groups is 1. The second-order valence-corrected chi connectivity index (χ2v) is 2.43. The van der Waals surface area contributed by atoms with Gasteiger partial charge in [-0.3, -0.25) is 4.79 Å². The zero-order valence-corrected chi connectivity index (χ0v) is 6.27. The molecule has 0 aliphatic carbocycles. The standard InChI is InChI=1S/C5H10O3S/c1-4(6)8-5(7)3-9-2/h5,7H,3H2,1-2H3. The van der Waals surface area contributed by atoms with Crippen molar-refractivity contribution in [2.45, 2.75) is 13.2 Å². The lowest BCUT2D eigenvalue weighted by atomic mass is 10.7. The molecule has 0 aromatic carbocycles. The van der Waals surface area contributed by atoms with Crippen LogP contribution in [0.4, 0.5) is 0 Å². The van der Waals surface area contributed by atoms with Gasteiger partial charge in [-0.2, -0.15) is 11.8 Å². The van der Waals surface area contributed by atoms with Gasteiger partial charge in [0.2, 0.25) is 6.29 Å². The van der Waals surface area contributed by atoms with Crippen molar-refractivity contribution >= 4 is 17.7 Å². The first kappa shape index (κ1) is 8.78. The minimum absolute atomic E-state index is 0.430. The average Bonchev–Trinajstić information content (AvgIpc) is 1.63. The Kier molecular flexibility index (Phi) is 4.53. The third-order valence-electron chi connectivity index (χ3n) is 0.611. The molecule has 1 N–H and O–H groups in total. The van der Waals surface area contributed by atoms with Gasteiger partial charge >= 0.3 is 5.97 Å². The number of rotatable bonds is 3. The number of carbonyl (C=O) groups is 1. The molecule has 0 saturated carbocycles. The van der Waals surface area contributed by atoms with E-state index in [9.17, 15) is 4.79 Å². The second-order valence-electron chi connectivity index (χ2n) is 1.52. The SMILES string of the molecule is CSCC(O)OC(C)=O. The maximum atomic E-state index is 10.1. The van der Waals surface area contributed by atoms with Gasteiger partial charge in [0.25, 0.3) is 0 Å². The summed E-state index contributed by atoms with van der Waals surface area (Å²) in [6.07, 6.45) is 0.879. The predicted octanol–water partition coefficient (Wildman–Crippen LogP) is 0.231. The lowest BCUT2D eigenvalue weighted by molar-refractivity contribution is -0.161. The van der Waals surface area contributed by atoms with Gasteiger partial charge in [0.05, 0.1) is 5.75 Å². The fourth-order valence-electron chi connectivity index (χ4n) is 0.368. The minimum atomic E-state index is -0.947. The van der Waals surface area contributed by atoms with Gasteiger partial charge in [-0.05, 0) is 6.26 Å². The maximum Gasteiger partial charge on any atom is 0.304 e. The summed E-state index contributed by atoms with van der Waals surface area (Å²) in [5.74, 6) is -0.0175. The van der Waals surface area contributed by atoms with Gasteiger partial charge in [0, 0.05) is 6.92 Å². The Balaban J connectivity index is 3.26. The van der Waals surface area contributed by atoms with E-state index in [0.717, 1.165) is 0 Å². The number of aliphatic hydroxyl groups excluding tert-OH is 1. The molecule has 9 heavy (non-hydrogen) atoms. The molecule has 0 fully saturated rings. The molecule has 0 aliphatic rings. The average molecular weight is 150 g/mol. The zero-order valence-electron chi connectivity index (χ0n) is 5.46. The molecule has 0 bridgehead atoms. The van der Waals surface area contributed by atoms with Crippen LogP contribution in [0.5, 0.6) is 0 Å². The molecule has 0 saturated heterocycles. The molecule has 0 amide bonds. The third-order valence-corrected chi connectivity index (χ3v) is 1.23. The fraction of sp³-hybridized carbons (Fsp3) is 0.800. The second kappa shape index (κ2) is 4.64. The smallest absolute Gasteiger partial charge is 0.304 e. The highest BCUT2D eigenvalue weighted by Crippen LogP contribution is 1.97. The van der Waals surface area contributed by atoms with Crippen LogP contribution in [0.15, 0.2) is 0 Å². The van der Waals surface area contributed by atoms with Crippen molar-refractivity contribution in [3.8, 4) is 0 Å². The summed E-state index contributed by atoms with van der Waals surface area (Å²) >= 11 is 1.42. The molecule has 0 heterocycles. The lowest BCUT2D eigenvalue weighted by Crippen LogP contribution is -2.17. The van der Waals surface area contributed by atoms with Crippen LogP contribution in [0.25, 0.3) is 0 Å². The Labute approximate surface area is 58.4 Å². The molecule has 0 aromatic heterocycles. The molecule has 0 rings (SSSR count). The Morgan fingerprint density at radius 3 is 2.78 bits per heavy atom. The van der Waals surface area contributed by atoms with Gasteiger partial charge in [-0.25, -0.2) is 0 Å². The van der Waals surface area contributed by atoms with Crippen LogP contribution >= 0.6 is 11.8 Å². The summed E-state index contributed by atoms with van der Waals surface area (Å²) in [5.41, 5.74) is 0. The van der Waals surface area contributed by atoms with Gasteiger partial charge in [-0.1, -0.05) is 0 Å². The molecular formula is C5H10O3S. The zero-order chi connectivity index (χ0) is 7.28. The van der Waals surface area contributed by atoms with E-state index < -0.39 is 12.3 Å². The molecule has 1 unspecified atom stereocenters. The van der Waals surface area contributed by atoms with Crippen LogP contribution in [0.1, 0.15) is 6.92 Å². The topological polar surface area (TPSA) is 46.5 Å². The molecule has 0 radical (unpaired) electrons. The van der Waals surface area contributed by atoms with E-state index >= 15 is 0 Å². The molecule has 0 spiro atoms. The Hall–Kier alpha value is -0.220. The Bertz CT molecular complexity index is 94.2. The highest BCUT2D eigenvalue weighted by molar-refractivity contribution is 7.98. The van der Waals surface area contributed by atoms with Gasteiger partial charge < -0.3 is 9.84 Å². The van der Waals surface area contributed by atoms with E-state index in [2.05, 4.69) is 4.74 Å². The predicted molar refractivity (Wildman–Crippen MR) is 36.2 cm³/mol. The van der Waals surface area contributed by atoms with Crippen LogP contribution in [0.3, 0.4) is 0 Å².